The molecule has 0 radical (unpaired) electrons. The Morgan fingerprint density at radius 3 is 2.94 bits per heavy atom. The number of carbonyl (C=O) groups is 1. The summed E-state index contributed by atoms with van der Waals surface area (Å²) in [7, 11) is 0. The smallest absolute Gasteiger partial charge is 0.224 e. The molecule has 5 nitrogen and oxygen atoms in total. The maximum atomic E-state index is 11.8. The Morgan fingerprint density at radius 1 is 1.50 bits per heavy atom. The Bertz CT molecular complexity index is 427. The lowest BCUT2D eigenvalue weighted by atomic mass is 10.2. The van der Waals surface area contributed by atoms with Gasteiger partial charge in [0.2, 0.25) is 5.91 Å². The van der Waals surface area contributed by atoms with E-state index in [1.807, 2.05) is 17.9 Å². The molecule has 0 spiro atoms. The van der Waals surface area contributed by atoms with E-state index in [9.17, 15) is 4.79 Å². The van der Waals surface area contributed by atoms with E-state index in [1.165, 1.54) is 0 Å². The molecule has 2 rings (SSSR count). The maximum absolute atomic E-state index is 11.8. The Balaban J connectivity index is 1.81. The van der Waals surface area contributed by atoms with E-state index in [1.54, 1.807) is 6.20 Å². The number of rotatable bonds is 4. The number of hydrogen-bond donors (Lipinski definition) is 2. The van der Waals surface area contributed by atoms with Gasteiger partial charge < -0.3 is 16.0 Å². The molecule has 0 atom stereocenters. The zero-order chi connectivity index (χ0) is 13.0. The van der Waals surface area contributed by atoms with E-state index in [2.05, 4.69) is 10.3 Å². The summed E-state index contributed by atoms with van der Waals surface area (Å²) in [4.78, 5) is 17.9. The van der Waals surface area contributed by atoms with E-state index >= 15 is 0 Å². The first-order valence-corrected chi connectivity index (χ1v) is 6.41. The van der Waals surface area contributed by atoms with Crippen molar-refractivity contribution in [3.8, 4) is 0 Å². The number of nitrogens with one attached hydrogen (secondary N) is 1. The topological polar surface area (TPSA) is 71.2 Å². The first-order valence-electron chi connectivity index (χ1n) is 6.41. The van der Waals surface area contributed by atoms with Crippen molar-refractivity contribution in [2.75, 3.05) is 30.7 Å². The van der Waals surface area contributed by atoms with Crippen LogP contribution in [0.4, 0.5) is 11.5 Å². The van der Waals surface area contributed by atoms with Crippen LogP contribution in [0.5, 0.6) is 0 Å². The van der Waals surface area contributed by atoms with Gasteiger partial charge in [0, 0.05) is 32.3 Å². The number of carbonyl (C=O) groups excluding carboxylic acids is 1. The van der Waals surface area contributed by atoms with Gasteiger partial charge in [-0.25, -0.2) is 4.98 Å². The van der Waals surface area contributed by atoms with E-state index < -0.39 is 0 Å². The highest BCUT2D eigenvalue weighted by Crippen LogP contribution is 2.18. The van der Waals surface area contributed by atoms with Crippen LogP contribution in [0.15, 0.2) is 12.3 Å². The van der Waals surface area contributed by atoms with Crippen molar-refractivity contribution in [2.45, 2.75) is 26.2 Å². The van der Waals surface area contributed by atoms with Crippen molar-refractivity contribution in [2.24, 2.45) is 0 Å². The highest BCUT2D eigenvalue weighted by Gasteiger charge is 2.17. The van der Waals surface area contributed by atoms with Crippen LogP contribution in [0.25, 0.3) is 0 Å². The van der Waals surface area contributed by atoms with E-state index in [-0.39, 0.29) is 5.91 Å². The fraction of sp³-hybridized carbons (Fsp3) is 0.538. The lowest BCUT2D eigenvalue weighted by Gasteiger charge is -2.15. The molecule has 98 valence electrons. The molecule has 2 heterocycles. The van der Waals surface area contributed by atoms with Crippen molar-refractivity contribution in [3.63, 3.8) is 0 Å². The van der Waals surface area contributed by atoms with Gasteiger partial charge in [-0.15, -0.1) is 0 Å². The van der Waals surface area contributed by atoms with Gasteiger partial charge in [-0.1, -0.05) is 0 Å². The van der Waals surface area contributed by atoms with Gasteiger partial charge in [0.15, 0.2) is 0 Å². The molecule has 3 N–H and O–H groups in total. The van der Waals surface area contributed by atoms with Crippen molar-refractivity contribution < 1.29 is 4.79 Å². The zero-order valence-electron chi connectivity index (χ0n) is 10.8. The quantitative estimate of drug-likeness (QED) is 0.845. The average molecular weight is 248 g/mol. The van der Waals surface area contributed by atoms with Crippen LogP contribution in [-0.4, -0.2) is 35.4 Å². The third-order valence-electron chi connectivity index (χ3n) is 3.30. The van der Waals surface area contributed by atoms with Crippen molar-refractivity contribution >= 4 is 17.4 Å². The molecule has 1 aliphatic rings. The van der Waals surface area contributed by atoms with Crippen molar-refractivity contribution in [1.29, 1.82) is 0 Å². The minimum atomic E-state index is 0.214. The van der Waals surface area contributed by atoms with Gasteiger partial charge in [-0.2, -0.15) is 0 Å². The standard InChI is InChI=1S/C13H20N4O/c1-10-4-6-15-13(12(10)14)16-7-5-11(18)17-8-2-3-9-17/h4,6H,2-3,5,7-9,14H2,1H3,(H,15,16). The lowest BCUT2D eigenvalue weighted by molar-refractivity contribution is -0.129. The minimum Gasteiger partial charge on any atom is -0.396 e. The number of aromatic nitrogens is 1. The third-order valence-corrected chi connectivity index (χ3v) is 3.30. The van der Waals surface area contributed by atoms with Gasteiger partial charge in [0.25, 0.3) is 0 Å². The van der Waals surface area contributed by atoms with Crippen LogP contribution in [0.1, 0.15) is 24.8 Å². The normalized spacial score (nSPS) is 14.8. The number of aryl methyl sites for hydroxylation is 1. The molecule has 0 aliphatic carbocycles. The lowest BCUT2D eigenvalue weighted by Crippen LogP contribution is -2.29. The molecule has 1 amide bonds. The summed E-state index contributed by atoms with van der Waals surface area (Å²) in [6.07, 6.45) is 4.47. The first kappa shape index (κ1) is 12.7. The Labute approximate surface area is 107 Å². The SMILES string of the molecule is Cc1ccnc(NCCC(=O)N2CCCC2)c1N. The predicted molar refractivity (Wildman–Crippen MR) is 72.3 cm³/mol. The van der Waals surface area contributed by atoms with Crippen LogP contribution in [-0.2, 0) is 4.79 Å². The molecule has 5 heteroatoms. The molecule has 1 saturated heterocycles. The average Bonchev–Trinajstić information content (AvgIpc) is 2.88. The van der Waals surface area contributed by atoms with Crippen LogP contribution >= 0.6 is 0 Å². The number of nitrogens with zero attached hydrogens (tertiary/aromatic N) is 2. The molecule has 0 unspecified atom stereocenters. The molecule has 18 heavy (non-hydrogen) atoms. The fourth-order valence-electron chi connectivity index (χ4n) is 2.12. The van der Waals surface area contributed by atoms with Crippen LogP contribution in [0.2, 0.25) is 0 Å². The van der Waals surface area contributed by atoms with E-state index in [0.29, 0.717) is 24.5 Å². The fourth-order valence-corrected chi connectivity index (χ4v) is 2.12. The molecule has 1 fully saturated rings. The highest BCUT2D eigenvalue weighted by molar-refractivity contribution is 5.77. The summed E-state index contributed by atoms with van der Waals surface area (Å²) < 4.78 is 0. The Hall–Kier alpha value is -1.78. The summed E-state index contributed by atoms with van der Waals surface area (Å²) in [5.74, 6) is 0.885. The van der Waals surface area contributed by atoms with Crippen molar-refractivity contribution in [1.82, 2.24) is 9.88 Å². The number of likely N-dealkylation sites (tertiary alicyclic amines) is 1. The van der Waals surface area contributed by atoms with E-state index in [4.69, 9.17) is 5.73 Å². The van der Waals surface area contributed by atoms with E-state index in [0.717, 1.165) is 31.5 Å². The van der Waals surface area contributed by atoms with Gasteiger partial charge in [0.05, 0.1) is 5.69 Å². The summed E-state index contributed by atoms with van der Waals surface area (Å²) in [6, 6.07) is 1.87. The molecule has 0 saturated carbocycles. The predicted octanol–water partition coefficient (Wildman–Crippen LogP) is 1.40. The monoisotopic (exact) mass is 248 g/mol. The number of amides is 1. The zero-order valence-corrected chi connectivity index (χ0v) is 10.8. The second-order valence-electron chi connectivity index (χ2n) is 4.65. The summed E-state index contributed by atoms with van der Waals surface area (Å²) >= 11 is 0. The van der Waals surface area contributed by atoms with Crippen LogP contribution in [0, 0.1) is 6.92 Å². The van der Waals surface area contributed by atoms with Crippen molar-refractivity contribution in [3.05, 3.63) is 17.8 Å². The van der Waals surface area contributed by atoms with Crippen LogP contribution in [0.3, 0.4) is 0 Å². The number of nitrogens with two attached hydrogens (primary N) is 1. The molecular formula is C13H20N4O. The molecule has 0 aromatic carbocycles. The van der Waals surface area contributed by atoms with Gasteiger partial charge in [-0.3, -0.25) is 4.79 Å². The highest BCUT2D eigenvalue weighted by atomic mass is 16.2. The Morgan fingerprint density at radius 2 is 2.22 bits per heavy atom. The first-order chi connectivity index (χ1) is 8.68. The summed E-state index contributed by atoms with van der Waals surface area (Å²) in [5.41, 5.74) is 7.56. The molecule has 0 bridgehead atoms. The molecule has 1 aliphatic heterocycles. The molecular weight excluding hydrogens is 228 g/mol. The third kappa shape index (κ3) is 2.91. The summed E-state index contributed by atoms with van der Waals surface area (Å²) in [5, 5.41) is 3.12. The number of anilines is 2. The largest absolute Gasteiger partial charge is 0.396 e. The minimum absolute atomic E-state index is 0.214. The van der Waals surface area contributed by atoms with Gasteiger partial charge in [0.1, 0.15) is 5.82 Å². The van der Waals surface area contributed by atoms with Gasteiger partial charge >= 0.3 is 0 Å². The Kier molecular flexibility index (Phi) is 4.02. The number of nitrogen functional groups attached to an aromatic ring is 1. The van der Waals surface area contributed by atoms with Crippen LogP contribution < -0.4 is 11.1 Å². The second-order valence-corrected chi connectivity index (χ2v) is 4.65. The molecule has 1 aromatic heterocycles. The number of pyridine rings is 1. The number of hydrogen-bond acceptors (Lipinski definition) is 4. The molecule has 1 aromatic rings. The van der Waals surface area contributed by atoms with Gasteiger partial charge in [-0.05, 0) is 31.4 Å². The maximum Gasteiger partial charge on any atom is 0.224 e. The summed E-state index contributed by atoms with van der Waals surface area (Å²) in [6.45, 7) is 4.33. The second kappa shape index (κ2) is 5.71.